The molecule has 5 N–H and O–H groups in total. The Labute approximate surface area is 183 Å². The molecule has 0 aliphatic carbocycles. The van der Waals surface area contributed by atoms with E-state index >= 15 is 0 Å². The van der Waals surface area contributed by atoms with Crippen LogP contribution in [0.25, 0.3) is 10.9 Å². The number of aromatic nitrogens is 1. The molecule has 1 amide bonds. The number of hydrogen-bond acceptors (Lipinski definition) is 7. The Kier molecular flexibility index (Phi) is 5.33. The summed E-state index contributed by atoms with van der Waals surface area (Å²) in [5.74, 6) is 0.380. The molecule has 2 aromatic carbocycles. The van der Waals surface area contributed by atoms with Gasteiger partial charge in [0.25, 0.3) is 5.91 Å². The molecule has 2 atom stereocenters. The highest BCUT2D eigenvalue weighted by Gasteiger charge is 2.31. The van der Waals surface area contributed by atoms with E-state index in [9.17, 15) is 4.79 Å². The van der Waals surface area contributed by atoms with Gasteiger partial charge in [-0.15, -0.1) is 0 Å². The predicted molar refractivity (Wildman–Crippen MR) is 123 cm³/mol. The molecule has 2 aliphatic rings. The van der Waals surface area contributed by atoms with E-state index in [1.807, 2.05) is 42.6 Å². The summed E-state index contributed by atoms with van der Waals surface area (Å²) in [6.07, 6.45) is 6.39. The molecule has 1 aromatic heterocycles. The Balaban J connectivity index is 1.48. The van der Waals surface area contributed by atoms with Gasteiger partial charge >= 0.3 is 0 Å². The molecule has 2 unspecified atom stereocenters. The molecule has 8 heteroatoms. The van der Waals surface area contributed by atoms with Crippen LogP contribution in [0.15, 0.2) is 77.1 Å². The Hall–Kier alpha value is -3.33. The summed E-state index contributed by atoms with van der Waals surface area (Å²) < 4.78 is 4.53. The maximum absolute atomic E-state index is 11.8. The van der Waals surface area contributed by atoms with E-state index in [2.05, 4.69) is 43.5 Å². The van der Waals surface area contributed by atoms with Crippen molar-refractivity contribution in [2.24, 2.45) is 10.7 Å². The van der Waals surface area contributed by atoms with Crippen LogP contribution in [-0.4, -0.2) is 22.7 Å². The van der Waals surface area contributed by atoms with Gasteiger partial charge in [-0.25, -0.2) is 4.99 Å². The van der Waals surface area contributed by atoms with Crippen LogP contribution in [0.5, 0.6) is 0 Å². The van der Waals surface area contributed by atoms with E-state index in [1.165, 1.54) is 17.1 Å². The molecule has 5 rings (SSSR count). The van der Waals surface area contributed by atoms with E-state index in [0.29, 0.717) is 11.1 Å². The lowest BCUT2D eigenvalue weighted by molar-refractivity contribution is 0.100. The molecule has 3 aromatic rings. The van der Waals surface area contributed by atoms with Crippen LogP contribution >= 0.6 is 11.5 Å². The fourth-order valence-corrected chi connectivity index (χ4v) is 4.80. The van der Waals surface area contributed by atoms with Crippen molar-refractivity contribution < 1.29 is 4.79 Å². The average molecular weight is 431 g/mol. The number of fused-ring (bicyclic) bond motifs is 1. The van der Waals surface area contributed by atoms with Gasteiger partial charge in [-0.1, -0.05) is 48.5 Å². The number of benzene rings is 2. The number of nitrogens with two attached hydrogens (primary N) is 1. The molecular weight excluding hydrogens is 408 g/mol. The van der Waals surface area contributed by atoms with Gasteiger partial charge in [-0.05, 0) is 35.7 Å². The molecule has 2 aliphatic heterocycles. The zero-order valence-electron chi connectivity index (χ0n) is 16.7. The van der Waals surface area contributed by atoms with Gasteiger partial charge in [0.15, 0.2) is 0 Å². The standard InChI is InChI=1S/C23H22N6OS/c24-20(30)16-11-6-10-15-18(16)29-31-19(15)23-27-21-17(9-4-5-12-25-21)22(28-23)26-13-14-7-2-1-3-8-14/h1-8,10-12,22-23,26-28H,9,13H2,(H2,24,30). The second-order valence-electron chi connectivity index (χ2n) is 7.44. The lowest BCUT2D eigenvalue weighted by Gasteiger charge is -2.35. The summed E-state index contributed by atoms with van der Waals surface area (Å²) in [5, 5.41) is 11.7. The first-order valence-corrected chi connectivity index (χ1v) is 10.9. The van der Waals surface area contributed by atoms with Gasteiger partial charge in [-0.2, -0.15) is 4.37 Å². The smallest absolute Gasteiger partial charge is 0.250 e. The predicted octanol–water partition coefficient (Wildman–Crippen LogP) is 2.94. The van der Waals surface area contributed by atoms with E-state index in [4.69, 9.17) is 5.73 Å². The summed E-state index contributed by atoms with van der Waals surface area (Å²) in [5.41, 5.74) is 8.98. The highest BCUT2D eigenvalue weighted by molar-refractivity contribution is 7.07. The van der Waals surface area contributed by atoms with Crippen molar-refractivity contribution >= 4 is 34.6 Å². The monoisotopic (exact) mass is 430 g/mol. The number of amides is 1. The fourth-order valence-electron chi connectivity index (χ4n) is 3.91. The molecule has 156 valence electrons. The van der Waals surface area contributed by atoms with E-state index in [1.54, 1.807) is 6.07 Å². The molecule has 31 heavy (non-hydrogen) atoms. The molecule has 0 saturated heterocycles. The topological polar surface area (TPSA) is 104 Å². The lowest BCUT2D eigenvalue weighted by Crippen LogP contribution is -2.53. The number of carbonyl (C=O) groups is 1. The zero-order valence-corrected chi connectivity index (χ0v) is 17.5. The Bertz CT molecular complexity index is 1210. The Morgan fingerprint density at radius 1 is 1.19 bits per heavy atom. The number of allylic oxidation sites excluding steroid dienone is 2. The van der Waals surface area contributed by atoms with Crippen LogP contribution in [-0.2, 0) is 6.54 Å². The molecule has 7 nitrogen and oxygen atoms in total. The Morgan fingerprint density at radius 3 is 2.90 bits per heavy atom. The number of primary amides is 1. The van der Waals surface area contributed by atoms with Gasteiger partial charge in [-0.3, -0.25) is 15.4 Å². The van der Waals surface area contributed by atoms with Crippen molar-refractivity contribution in [1.29, 1.82) is 0 Å². The summed E-state index contributed by atoms with van der Waals surface area (Å²) in [4.78, 5) is 17.4. The van der Waals surface area contributed by atoms with Crippen LogP contribution in [0.4, 0.5) is 0 Å². The first kappa shape index (κ1) is 19.6. The van der Waals surface area contributed by atoms with E-state index < -0.39 is 5.91 Å². The average Bonchev–Trinajstić information content (AvgIpc) is 3.08. The molecule has 0 saturated carbocycles. The van der Waals surface area contributed by atoms with E-state index in [0.717, 1.165) is 34.6 Å². The van der Waals surface area contributed by atoms with Crippen molar-refractivity contribution in [3.63, 3.8) is 0 Å². The van der Waals surface area contributed by atoms with Gasteiger partial charge in [0.05, 0.1) is 22.1 Å². The summed E-state index contributed by atoms with van der Waals surface area (Å²) in [7, 11) is 0. The Morgan fingerprint density at radius 2 is 2.06 bits per heavy atom. The highest BCUT2D eigenvalue weighted by Crippen LogP contribution is 2.33. The second-order valence-corrected chi connectivity index (χ2v) is 8.25. The fraction of sp³-hybridized carbons (Fsp3) is 0.174. The number of nitrogens with zero attached hydrogens (tertiary/aromatic N) is 2. The van der Waals surface area contributed by atoms with Crippen LogP contribution < -0.4 is 21.7 Å². The molecule has 0 spiro atoms. The molecular formula is C23H22N6OS. The number of aliphatic imine (C=N–C) groups is 1. The van der Waals surface area contributed by atoms with Gasteiger partial charge in [0.1, 0.15) is 12.0 Å². The van der Waals surface area contributed by atoms with Crippen LogP contribution in [0, 0.1) is 0 Å². The first-order chi connectivity index (χ1) is 15.2. The normalized spacial score (nSPS) is 20.4. The lowest BCUT2D eigenvalue weighted by atomic mass is 10.0. The number of carbonyl (C=O) groups excluding carboxylic acids is 1. The number of rotatable bonds is 5. The second kappa shape index (κ2) is 8.43. The number of nitrogens with one attached hydrogen (secondary N) is 3. The highest BCUT2D eigenvalue weighted by atomic mass is 32.1. The van der Waals surface area contributed by atoms with Gasteiger partial charge < -0.3 is 11.1 Å². The minimum atomic E-state index is -0.473. The summed E-state index contributed by atoms with van der Waals surface area (Å²) >= 11 is 1.36. The van der Waals surface area contributed by atoms with E-state index in [-0.39, 0.29) is 12.3 Å². The maximum atomic E-state index is 11.8. The summed E-state index contributed by atoms with van der Waals surface area (Å²) in [6.45, 7) is 0.727. The zero-order chi connectivity index (χ0) is 21.2. The van der Waals surface area contributed by atoms with Crippen LogP contribution in [0.1, 0.15) is 33.4 Å². The van der Waals surface area contributed by atoms with Crippen molar-refractivity contribution in [2.75, 3.05) is 0 Å². The third kappa shape index (κ3) is 3.88. The molecule has 0 bridgehead atoms. The van der Waals surface area contributed by atoms with Gasteiger partial charge in [0.2, 0.25) is 0 Å². The summed E-state index contributed by atoms with van der Waals surface area (Å²) in [6, 6.07) is 15.8. The van der Waals surface area contributed by atoms with Gasteiger partial charge in [0, 0.05) is 23.7 Å². The third-order valence-corrected chi connectivity index (χ3v) is 6.37. The maximum Gasteiger partial charge on any atom is 0.250 e. The molecule has 0 radical (unpaired) electrons. The largest absolute Gasteiger partial charge is 0.366 e. The minimum Gasteiger partial charge on any atom is -0.366 e. The number of hydrogen-bond donors (Lipinski definition) is 4. The van der Waals surface area contributed by atoms with Crippen molar-refractivity contribution in [2.45, 2.75) is 25.3 Å². The minimum absolute atomic E-state index is 0.0715. The third-order valence-electron chi connectivity index (χ3n) is 5.45. The SMILES string of the molecule is NC(=O)c1cccc2c(C3NC4=C(CC=CC=N4)C(NCc4ccccc4)N3)snc12. The van der Waals surface area contributed by atoms with Crippen LogP contribution in [0.3, 0.4) is 0 Å². The van der Waals surface area contributed by atoms with Crippen molar-refractivity contribution in [1.82, 2.24) is 20.3 Å². The van der Waals surface area contributed by atoms with Crippen molar-refractivity contribution in [3.8, 4) is 0 Å². The first-order valence-electron chi connectivity index (χ1n) is 10.1. The molecule has 3 heterocycles. The van der Waals surface area contributed by atoms with Crippen LogP contribution in [0.2, 0.25) is 0 Å². The van der Waals surface area contributed by atoms with Crippen molar-refractivity contribution in [3.05, 3.63) is 88.1 Å². The quantitative estimate of drug-likeness (QED) is 0.498. The molecule has 0 fully saturated rings.